The summed E-state index contributed by atoms with van der Waals surface area (Å²) in [4.78, 5) is 116. The van der Waals surface area contributed by atoms with Gasteiger partial charge in [-0.2, -0.15) is 0 Å². The van der Waals surface area contributed by atoms with E-state index in [0.717, 1.165) is 22.0 Å². The van der Waals surface area contributed by atoms with Gasteiger partial charge in [-0.15, -0.1) is 0 Å². The highest BCUT2D eigenvalue weighted by atomic mass is 16.4. The summed E-state index contributed by atoms with van der Waals surface area (Å²) in [7, 11) is 0. The number of rotatable bonds is 8. The number of fused-ring (bicyclic) bond motifs is 3. The van der Waals surface area contributed by atoms with E-state index in [0.29, 0.717) is 19.3 Å². The molecule has 3 aromatic rings. The van der Waals surface area contributed by atoms with E-state index in [1.54, 1.807) is 44.3 Å². The number of carbonyl (C=O) groups excluding carboxylic acids is 7. The Morgan fingerprint density at radius 1 is 0.712 bits per heavy atom. The maximum Gasteiger partial charge on any atom is 0.303 e. The van der Waals surface area contributed by atoms with Crippen molar-refractivity contribution in [2.75, 3.05) is 19.6 Å². The van der Waals surface area contributed by atoms with Crippen LogP contribution in [0.25, 0.3) is 10.9 Å². The van der Waals surface area contributed by atoms with E-state index >= 15 is 0 Å². The molecule has 2 aromatic carbocycles. The van der Waals surface area contributed by atoms with Gasteiger partial charge in [-0.05, 0) is 55.2 Å². The van der Waals surface area contributed by atoms with Crippen LogP contribution in [0.15, 0.2) is 60.8 Å². The molecular formula is C42H52N8O9. The van der Waals surface area contributed by atoms with Crippen LogP contribution in [0.3, 0.4) is 0 Å². The van der Waals surface area contributed by atoms with Gasteiger partial charge >= 0.3 is 5.97 Å². The molecule has 6 atom stereocenters. The second kappa shape index (κ2) is 19.0. The largest absolute Gasteiger partial charge is 0.481 e. The Morgan fingerprint density at radius 2 is 1.34 bits per heavy atom. The molecule has 3 fully saturated rings. The fourth-order valence-corrected chi connectivity index (χ4v) is 8.13. The van der Waals surface area contributed by atoms with Gasteiger partial charge in [0, 0.05) is 49.5 Å². The highest BCUT2D eigenvalue weighted by Crippen LogP contribution is 2.24. The van der Waals surface area contributed by atoms with Crippen molar-refractivity contribution in [1.29, 1.82) is 0 Å². The molecule has 4 heterocycles. The van der Waals surface area contributed by atoms with E-state index in [1.165, 1.54) is 9.80 Å². The van der Waals surface area contributed by atoms with Gasteiger partial charge < -0.3 is 46.5 Å². The zero-order valence-electron chi connectivity index (χ0n) is 33.2. The highest BCUT2D eigenvalue weighted by molar-refractivity contribution is 5.99. The summed E-state index contributed by atoms with van der Waals surface area (Å²) in [6.45, 7) is 3.30. The molecule has 0 radical (unpaired) electrons. The molecule has 6 rings (SSSR count). The smallest absolute Gasteiger partial charge is 0.303 e. The van der Waals surface area contributed by atoms with Gasteiger partial charge in [0.1, 0.15) is 36.3 Å². The zero-order chi connectivity index (χ0) is 42.2. The molecule has 0 unspecified atom stereocenters. The SMILES string of the molecule is CC(C)[C@@H]1NC(=O)[C@H](CCC(=O)O)NC(=O)[C@@H]2CCCN2C(=O)CNC(=O)[C@H](Cc2ccccc2)NC(=O)[C@@H]2CCCN2C(=O)[C@H](Cc2c[nH]c3ccccc23)NC1=O. The van der Waals surface area contributed by atoms with Crippen molar-refractivity contribution in [3.8, 4) is 0 Å². The lowest BCUT2D eigenvalue weighted by Gasteiger charge is -2.31. The summed E-state index contributed by atoms with van der Waals surface area (Å²) in [6, 6.07) is 9.54. The lowest BCUT2D eigenvalue weighted by molar-refractivity contribution is -0.142. The zero-order valence-corrected chi connectivity index (χ0v) is 33.2. The van der Waals surface area contributed by atoms with Gasteiger partial charge in [0.15, 0.2) is 0 Å². The van der Waals surface area contributed by atoms with Crippen LogP contribution in [0.5, 0.6) is 0 Å². The van der Waals surface area contributed by atoms with Gasteiger partial charge in [-0.1, -0.05) is 62.4 Å². The molecule has 7 N–H and O–H groups in total. The third-order valence-corrected chi connectivity index (χ3v) is 11.3. The van der Waals surface area contributed by atoms with Gasteiger partial charge in [0.2, 0.25) is 41.4 Å². The van der Waals surface area contributed by atoms with Crippen LogP contribution in [0.4, 0.5) is 0 Å². The van der Waals surface area contributed by atoms with Crippen LogP contribution in [0, 0.1) is 5.92 Å². The Kier molecular flexibility index (Phi) is 13.6. The van der Waals surface area contributed by atoms with Crippen molar-refractivity contribution < 1.29 is 43.5 Å². The lowest BCUT2D eigenvalue weighted by Crippen LogP contribution is -2.60. The van der Waals surface area contributed by atoms with E-state index in [1.807, 2.05) is 30.3 Å². The number of aromatic nitrogens is 1. The fraction of sp³-hybridized carbons (Fsp3) is 0.476. The summed E-state index contributed by atoms with van der Waals surface area (Å²) >= 11 is 0. The average Bonchev–Trinajstić information content (AvgIpc) is 4.00. The normalized spacial score (nSPS) is 25.4. The summed E-state index contributed by atoms with van der Waals surface area (Å²) in [6.07, 6.45) is 2.56. The van der Waals surface area contributed by atoms with E-state index in [2.05, 4.69) is 31.6 Å². The number of nitrogens with zero attached hydrogens (tertiary/aromatic N) is 2. The topological polar surface area (TPSA) is 239 Å². The van der Waals surface area contributed by atoms with Crippen molar-refractivity contribution >= 4 is 58.2 Å². The number of benzene rings is 2. The van der Waals surface area contributed by atoms with Crippen molar-refractivity contribution in [2.45, 2.75) is 101 Å². The van der Waals surface area contributed by atoms with Crippen LogP contribution >= 0.6 is 0 Å². The maximum atomic E-state index is 14.7. The van der Waals surface area contributed by atoms with Gasteiger partial charge in [-0.25, -0.2) is 0 Å². The van der Waals surface area contributed by atoms with Crippen molar-refractivity contribution in [3.05, 3.63) is 71.9 Å². The number of hydrogen-bond acceptors (Lipinski definition) is 8. The van der Waals surface area contributed by atoms with Crippen molar-refractivity contribution in [2.24, 2.45) is 5.92 Å². The molecule has 314 valence electrons. The van der Waals surface area contributed by atoms with E-state index in [-0.39, 0.29) is 38.8 Å². The van der Waals surface area contributed by atoms with E-state index < -0.39 is 102 Å². The van der Waals surface area contributed by atoms with E-state index in [4.69, 9.17) is 0 Å². The monoisotopic (exact) mass is 812 g/mol. The Bertz CT molecular complexity index is 2070. The summed E-state index contributed by atoms with van der Waals surface area (Å²) < 4.78 is 0. The van der Waals surface area contributed by atoms with Crippen molar-refractivity contribution in [3.63, 3.8) is 0 Å². The minimum Gasteiger partial charge on any atom is -0.481 e. The van der Waals surface area contributed by atoms with Gasteiger partial charge in [0.05, 0.1) is 6.54 Å². The predicted octanol–water partition coefficient (Wildman–Crippen LogP) is 0.525. The number of H-pyrrole nitrogens is 1. The number of aliphatic carboxylic acids is 1. The molecular weight excluding hydrogens is 761 g/mol. The van der Waals surface area contributed by atoms with Crippen LogP contribution in [-0.2, 0) is 51.2 Å². The first kappa shape index (κ1) is 42.3. The maximum absolute atomic E-state index is 14.7. The molecule has 3 aliphatic rings. The molecule has 0 saturated carbocycles. The van der Waals surface area contributed by atoms with Crippen LogP contribution in [0.2, 0.25) is 0 Å². The summed E-state index contributed by atoms with van der Waals surface area (Å²) in [5.74, 6) is -6.27. The molecule has 59 heavy (non-hydrogen) atoms. The third kappa shape index (κ3) is 10.3. The third-order valence-electron chi connectivity index (χ3n) is 11.3. The number of amides is 7. The van der Waals surface area contributed by atoms with Crippen LogP contribution < -0.4 is 26.6 Å². The standard InChI is InChI=1S/C42H52N8O9/c1-24(2)36-41(58)47-31(21-26-22-43-28-13-7-6-12-27(26)28)42(59)50-19-9-15-33(50)40(57)46-30(20-25-10-4-3-5-11-25)37(54)44-23-34(51)49-18-8-14-32(49)39(56)45-29(38(55)48-36)16-17-35(52)53/h3-7,10-13,22,24,29-33,36,43H,8-9,14-21,23H2,1-2H3,(H,44,54)(H,45,56)(H,46,57)(H,47,58)(H,48,55)(H,52,53)/t29-,30-,31-,32-,33-,36-/m0/s1. The molecule has 3 aliphatic heterocycles. The number of hydrogen-bond donors (Lipinski definition) is 7. The Hall–Kier alpha value is -6.26. The average molecular weight is 813 g/mol. The first-order valence-corrected chi connectivity index (χ1v) is 20.2. The Labute approximate surface area is 341 Å². The van der Waals surface area contributed by atoms with Crippen molar-refractivity contribution in [1.82, 2.24) is 41.4 Å². The molecule has 1 aromatic heterocycles. The number of carboxylic acid groups (broad SMARTS) is 1. The predicted molar refractivity (Wildman–Crippen MR) is 214 cm³/mol. The van der Waals surface area contributed by atoms with Crippen LogP contribution in [-0.4, -0.2) is 123 Å². The van der Waals surface area contributed by atoms with Gasteiger partial charge in [-0.3, -0.25) is 38.4 Å². The summed E-state index contributed by atoms with van der Waals surface area (Å²) in [5, 5.41) is 23.9. The Morgan fingerprint density at radius 3 is 2.03 bits per heavy atom. The second-order valence-corrected chi connectivity index (χ2v) is 15.8. The Balaban J connectivity index is 1.36. The quantitative estimate of drug-likeness (QED) is 0.168. The fourth-order valence-electron chi connectivity index (χ4n) is 8.13. The van der Waals surface area contributed by atoms with Gasteiger partial charge in [0.25, 0.3) is 0 Å². The van der Waals surface area contributed by atoms with E-state index in [9.17, 15) is 43.5 Å². The number of carbonyl (C=O) groups is 8. The second-order valence-electron chi connectivity index (χ2n) is 15.8. The molecule has 17 heteroatoms. The number of nitrogens with one attached hydrogen (secondary N) is 6. The highest BCUT2D eigenvalue weighted by Gasteiger charge is 2.41. The van der Waals surface area contributed by atoms with Crippen LogP contribution in [0.1, 0.15) is 63.5 Å². The first-order valence-electron chi connectivity index (χ1n) is 20.2. The number of carboxylic acids is 1. The minimum absolute atomic E-state index is 0.0282. The minimum atomic E-state index is -1.39. The molecule has 0 aliphatic carbocycles. The first-order chi connectivity index (χ1) is 28.3. The summed E-state index contributed by atoms with van der Waals surface area (Å²) in [5.41, 5.74) is 2.28. The lowest BCUT2D eigenvalue weighted by atomic mass is 9.99. The molecule has 0 bridgehead atoms. The number of aromatic amines is 1. The molecule has 17 nitrogen and oxygen atoms in total. The molecule has 7 amide bonds. The molecule has 0 spiro atoms. The number of para-hydroxylation sites is 1. The molecule has 3 saturated heterocycles.